The highest BCUT2D eigenvalue weighted by molar-refractivity contribution is 6.00. The van der Waals surface area contributed by atoms with E-state index >= 15 is 0 Å². The number of nitrogens with zero attached hydrogens (tertiary/aromatic N) is 1. The smallest absolute Gasteiger partial charge is 0.340 e. The van der Waals surface area contributed by atoms with E-state index in [4.69, 9.17) is 0 Å². The number of carbonyl (C=O) groups is 2. The van der Waals surface area contributed by atoms with Crippen LogP contribution in [0.25, 0.3) is 0 Å². The van der Waals surface area contributed by atoms with Crippen molar-refractivity contribution in [1.82, 2.24) is 10.2 Å². The van der Waals surface area contributed by atoms with Crippen molar-refractivity contribution < 1.29 is 22.8 Å². The maximum absolute atomic E-state index is 12.6. The van der Waals surface area contributed by atoms with Crippen LogP contribution in [0.1, 0.15) is 40.0 Å². The Morgan fingerprint density at radius 3 is 2.33 bits per heavy atom. The molecular formula is C14H21F3N2O2. The van der Waals surface area contributed by atoms with Gasteiger partial charge in [-0.1, -0.05) is 13.8 Å². The molecular weight excluding hydrogens is 285 g/mol. The summed E-state index contributed by atoms with van der Waals surface area (Å²) in [6, 6.07) is -0.827. The van der Waals surface area contributed by atoms with Crippen molar-refractivity contribution in [3.05, 3.63) is 0 Å². The summed E-state index contributed by atoms with van der Waals surface area (Å²) in [6.07, 6.45) is -3.79. The molecule has 2 unspecified atom stereocenters. The fourth-order valence-electron chi connectivity index (χ4n) is 3.04. The van der Waals surface area contributed by atoms with Crippen molar-refractivity contribution in [2.24, 2.45) is 11.8 Å². The van der Waals surface area contributed by atoms with Gasteiger partial charge in [0, 0.05) is 6.54 Å². The second-order valence-corrected chi connectivity index (χ2v) is 6.52. The number of hydrogen-bond donors (Lipinski definition) is 1. The van der Waals surface area contributed by atoms with E-state index in [9.17, 15) is 22.8 Å². The SMILES string of the molecule is CC(C)C1C(=O)NC(C)(C2CC2)C(=O)N1CCC(F)(F)F. The fraction of sp³-hybridized carbons (Fsp3) is 0.857. The van der Waals surface area contributed by atoms with Gasteiger partial charge in [-0.2, -0.15) is 13.2 Å². The van der Waals surface area contributed by atoms with E-state index in [1.165, 1.54) is 0 Å². The molecule has 0 spiro atoms. The Labute approximate surface area is 122 Å². The molecule has 2 amide bonds. The molecule has 120 valence electrons. The molecule has 2 aliphatic rings. The van der Waals surface area contributed by atoms with Crippen molar-refractivity contribution in [3.63, 3.8) is 0 Å². The first-order valence-electron chi connectivity index (χ1n) is 7.26. The van der Waals surface area contributed by atoms with Crippen LogP contribution in [-0.4, -0.2) is 41.0 Å². The Morgan fingerprint density at radius 1 is 1.33 bits per heavy atom. The van der Waals surface area contributed by atoms with Gasteiger partial charge in [-0.25, -0.2) is 0 Å². The normalized spacial score (nSPS) is 30.8. The van der Waals surface area contributed by atoms with Crippen LogP contribution >= 0.6 is 0 Å². The molecule has 2 rings (SSSR count). The molecule has 1 N–H and O–H groups in total. The largest absolute Gasteiger partial charge is 0.390 e. The number of carbonyl (C=O) groups excluding carboxylic acids is 2. The van der Waals surface area contributed by atoms with Gasteiger partial charge in [0.25, 0.3) is 0 Å². The van der Waals surface area contributed by atoms with Crippen LogP contribution in [0.2, 0.25) is 0 Å². The van der Waals surface area contributed by atoms with E-state index in [1.807, 2.05) is 0 Å². The van der Waals surface area contributed by atoms with Crippen LogP contribution in [0, 0.1) is 11.8 Å². The van der Waals surface area contributed by atoms with Crippen molar-refractivity contribution in [1.29, 1.82) is 0 Å². The zero-order valence-corrected chi connectivity index (χ0v) is 12.5. The summed E-state index contributed by atoms with van der Waals surface area (Å²) < 4.78 is 37.5. The molecule has 1 aliphatic heterocycles. The highest BCUT2D eigenvalue weighted by Gasteiger charge is 2.56. The summed E-state index contributed by atoms with van der Waals surface area (Å²) in [5.41, 5.74) is -1.05. The van der Waals surface area contributed by atoms with Crippen LogP contribution < -0.4 is 5.32 Å². The van der Waals surface area contributed by atoms with Crippen LogP contribution in [0.5, 0.6) is 0 Å². The molecule has 1 saturated heterocycles. The zero-order chi connectivity index (χ0) is 16.0. The summed E-state index contributed by atoms with van der Waals surface area (Å²) in [7, 11) is 0. The summed E-state index contributed by atoms with van der Waals surface area (Å²) in [5, 5.41) is 2.75. The third-order valence-electron chi connectivity index (χ3n) is 4.35. The molecule has 1 heterocycles. The second-order valence-electron chi connectivity index (χ2n) is 6.52. The van der Waals surface area contributed by atoms with Crippen LogP contribution in [-0.2, 0) is 9.59 Å². The van der Waals surface area contributed by atoms with Gasteiger partial charge in [0.1, 0.15) is 11.6 Å². The van der Waals surface area contributed by atoms with Gasteiger partial charge in [-0.15, -0.1) is 0 Å². The molecule has 1 aliphatic carbocycles. The van der Waals surface area contributed by atoms with Crippen molar-refractivity contribution in [2.75, 3.05) is 6.54 Å². The average Bonchev–Trinajstić information content (AvgIpc) is 3.14. The van der Waals surface area contributed by atoms with Gasteiger partial charge in [-0.05, 0) is 31.6 Å². The lowest BCUT2D eigenvalue weighted by Gasteiger charge is -2.46. The third-order valence-corrected chi connectivity index (χ3v) is 4.35. The van der Waals surface area contributed by atoms with Crippen LogP contribution in [0.4, 0.5) is 13.2 Å². The molecule has 0 aromatic heterocycles. The van der Waals surface area contributed by atoms with E-state index < -0.39 is 30.7 Å². The molecule has 2 fully saturated rings. The number of hydrogen-bond acceptors (Lipinski definition) is 2. The van der Waals surface area contributed by atoms with Gasteiger partial charge >= 0.3 is 6.18 Å². The van der Waals surface area contributed by atoms with Crippen LogP contribution in [0.3, 0.4) is 0 Å². The Hall–Kier alpha value is -1.27. The predicted molar refractivity (Wildman–Crippen MR) is 70.3 cm³/mol. The molecule has 7 heteroatoms. The molecule has 0 aromatic rings. The van der Waals surface area contributed by atoms with Gasteiger partial charge in [0.05, 0.1) is 6.42 Å². The quantitative estimate of drug-likeness (QED) is 0.864. The first-order chi connectivity index (χ1) is 9.56. The summed E-state index contributed by atoms with van der Waals surface area (Å²) in [5.74, 6) is -0.921. The van der Waals surface area contributed by atoms with Crippen LogP contribution in [0.15, 0.2) is 0 Å². The van der Waals surface area contributed by atoms with E-state index in [1.54, 1.807) is 20.8 Å². The highest BCUT2D eigenvalue weighted by Crippen LogP contribution is 2.43. The average molecular weight is 306 g/mol. The maximum Gasteiger partial charge on any atom is 0.390 e. The molecule has 21 heavy (non-hydrogen) atoms. The topological polar surface area (TPSA) is 49.4 Å². The number of nitrogens with one attached hydrogen (secondary N) is 1. The molecule has 4 nitrogen and oxygen atoms in total. The molecule has 0 bridgehead atoms. The van der Waals surface area contributed by atoms with Crippen molar-refractivity contribution in [3.8, 4) is 0 Å². The Balaban J connectivity index is 2.24. The number of piperazine rings is 1. The second kappa shape index (κ2) is 5.18. The fourth-order valence-corrected chi connectivity index (χ4v) is 3.04. The minimum Gasteiger partial charge on any atom is -0.340 e. The van der Waals surface area contributed by atoms with E-state index in [0.29, 0.717) is 0 Å². The summed E-state index contributed by atoms with van der Waals surface area (Å²) in [6.45, 7) is 4.64. The standard InChI is InChI=1S/C14H21F3N2O2/c1-8(2)10-11(20)18-13(3,9-4-5-9)12(21)19(10)7-6-14(15,16)17/h8-10H,4-7H2,1-3H3,(H,18,20). The van der Waals surface area contributed by atoms with E-state index in [0.717, 1.165) is 17.7 Å². The number of amides is 2. The van der Waals surface area contributed by atoms with Gasteiger partial charge in [0.2, 0.25) is 11.8 Å². The Morgan fingerprint density at radius 2 is 1.90 bits per heavy atom. The molecule has 1 saturated carbocycles. The summed E-state index contributed by atoms with van der Waals surface area (Å²) >= 11 is 0. The number of rotatable bonds is 4. The molecule has 2 atom stereocenters. The lowest BCUT2D eigenvalue weighted by Crippen LogP contribution is -2.71. The summed E-state index contributed by atoms with van der Waals surface area (Å²) in [4.78, 5) is 26.1. The minimum absolute atomic E-state index is 0.0375. The lowest BCUT2D eigenvalue weighted by atomic mass is 9.86. The van der Waals surface area contributed by atoms with Gasteiger partial charge < -0.3 is 10.2 Å². The van der Waals surface area contributed by atoms with Crippen molar-refractivity contribution in [2.45, 2.75) is 57.8 Å². The van der Waals surface area contributed by atoms with E-state index in [2.05, 4.69) is 5.32 Å². The Bertz CT molecular complexity index is 446. The maximum atomic E-state index is 12.6. The Kier molecular flexibility index (Phi) is 3.97. The highest BCUT2D eigenvalue weighted by atomic mass is 19.4. The van der Waals surface area contributed by atoms with E-state index in [-0.39, 0.29) is 23.7 Å². The molecule has 0 aromatic carbocycles. The zero-order valence-electron chi connectivity index (χ0n) is 12.5. The minimum atomic E-state index is -4.34. The lowest BCUT2D eigenvalue weighted by molar-refractivity contribution is -0.164. The monoisotopic (exact) mass is 306 g/mol. The first kappa shape index (κ1) is 16.1. The first-order valence-corrected chi connectivity index (χ1v) is 7.26. The van der Waals surface area contributed by atoms with Gasteiger partial charge in [0.15, 0.2) is 0 Å². The van der Waals surface area contributed by atoms with Gasteiger partial charge in [-0.3, -0.25) is 9.59 Å². The molecule has 0 radical (unpaired) electrons. The predicted octanol–water partition coefficient (Wildman–Crippen LogP) is 2.09. The number of halogens is 3. The third kappa shape index (κ3) is 3.16. The number of alkyl halides is 3. The van der Waals surface area contributed by atoms with Crippen molar-refractivity contribution >= 4 is 11.8 Å².